The van der Waals surface area contributed by atoms with Gasteiger partial charge in [0.05, 0.1) is 12.1 Å². The van der Waals surface area contributed by atoms with E-state index in [0.29, 0.717) is 12.2 Å². The van der Waals surface area contributed by atoms with Crippen molar-refractivity contribution >= 4 is 5.82 Å². The molecule has 0 aliphatic heterocycles. The van der Waals surface area contributed by atoms with Crippen LogP contribution < -0.4 is 5.73 Å². The van der Waals surface area contributed by atoms with Crippen LogP contribution in [0.2, 0.25) is 0 Å². The summed E-state index contributed by atoms with van der Waals surface area (Å²) in [5, 5.41) is 12.4. The van der Waals surface area contributed by atoms with Gasteiger partial charge in [0.15, 0.2) is 0 Å². The number of anilines is 1. The SMILES string of the molecule is CC(CCC#N)n1ccc(N)n1. The maximum absolute atomic E-state index is 8.36. The summed E-state index contributed by atoms with van der Waals surface area (Å²) in [5.74, 6) is 0.527. The van der Waals surface area contributed by atoms with Crippen molar-refractivity contribution in [2.75, 3.05) is 5.73 Å². The highest BCUT2D eigenvalue weighted by atomic mass is 15.3. The molecule has 0 saturated carbocycles. The van der Waals surface area contributed by atoms with Gasteiger partial charge in [-0.3, -0.25) is 4.68 Å². The summed E-state index contributed by atoms with van der Waals surface area (Å²) in [6.45, 7) is 2.02. The molecule has 1 heterocycles. The molecule has 0 fully saturated rings. The molecule has 1 aromatic heterocycles. The topological polar surface area (TPSA) is 67.6 Å². The molecular formula is C8H12N4. The third-order valence-corrected chi connectivity index (χ3v) is 1.75. The molecule has 1 atom stereocenters. The molecule has 1 unspecified atom stereocenters. The van der Waals surface area contributed by atoms with Crippen molar-refractivity contribution in [3.63, 3.8) is 0 Å². The van der Waals surface area contributed by atoms with Crippen LogP contribution in [0.1, 0.15) is 25.8 Å². The first-order chi connectivity index (χ1) is 5.74. The third-order valence-electron chi connectivity index (χ3n) is 1.75. The summed E-state index contributed by atoms with van der Waals surface area (Å²) in [4.78, 5) is 0. The summed E-state index contributed by atoms with van der Waals surface area (Å²) in [7, 11) is 0. The number of nitrogen functional groups attached to an aromatic ring is 1. The van der Waals surface area contributed by atoms with Crippen LogP contribution in [0.25, 0.3) is 0 Å². The normalized spacial score (nSPS) is 12.3. The van der Waals surface area contributed by atoms with Crippen molar-refractivity contribution in [3.05, 3.63) is 12.3 Å². The summed E-state index contributed by atoms with van der Waals surface area (Å²) in [6, 6.07) is 4.11. The Balaban J connectivity index is 2.54. The van der Waals surface area contributed by atoms with Gasteiger partial charge >= 0.3 is 0 Å². The van der Waals surface area contributed by atoms with Crippen molar-refractivity contribution in [2.45, 2.75) is 25.8 Å². The fourth-order valence-corrected chi connectivity index (χ4v) is 1.00. The second-order valence-corrected chi connectivity index (χ2v) is 2.77. The van der Waals surface area contributed by atoms with Crippen LogP contribution in [0.3, 0.4) is 0 Å². The molecule has 0 aromatic carbocycles. The van der Waals surface area contributed by atoms with E-state index < -0.39 is 0 Å². The monoisotopic (exact) mass is 164 g/mol. The predicted molar refractivity (Wildman–Crippen MR) is 46.2 cm³/mol. The quantitative estimate of drug-likeness (QED) is 0.732. The van der Waals surface area contributed by atoms with Gasteiger partial charge in [-0.1, -0.05) is 0 Å². The van der Waals surface area contributed by atoms with E-state index in [9.17, 15) is 0 Å². The molecule has 4 nitrogen and oxygen atoms in total. The molecule has 64 valence electrons. The lowest BCUT2D eigenvalue weighted by atomic mass is 10.2. The van der Waals surface area contributed by atoms with Crippen molar-refractivity contribution in [2.24, 2.45) is 0 Å². The highest BCUT2D eigenvalue weighted by molar-refractivity contribution is 5.23. The van der Waals surface area contributed by atoms with Crippen LogP contribution in [0.4, 0.5) is 5.82 Å². The van der Waals surface area contributed by atoms with Gasteiger partial charge in [0.25, 0.3) is 0 Å². The Morgan fingerprint density at radius 1 is 1.83 bits per heavy atom. The zero-order valence-corrected chi connectivity index (χ0v) is 7.07. The van der Waals surface area contributed by atoms with Gasteiger partial charge in [0.2, 0.25) is 0 Å². The van der Waals surface area contributed by atoms with E-state index in [-0.39, 0.29) is 6.04 Å². The Morgan fingerprint density at radius 3 is 3.08 bits per heavy atom. The Labute approximate surface area is 71.6 Å². The van der Waals surface area contributed by atoms with Crippen molar-refractivity contribution < 1.29 is 0 Å². The predicted octanol–water partition coefficient (Wildman–Crippen LogP) is 1.33. The standard InChI is InChI=1S/C8H12N4/c1-7(3-2-5-9)12-6-4-8(10)11-12/h4,6-7H,2-3H2,1H3,(H2,10,11). The first-order valence-corrected chi connectivity index (χ1v) is 3.91. The fourth-order valence-electron chi connectivity index (χ4n) is 1.00. The number of hydrogen-bond acceptors (Lipinski definition) is 3. The lowest BCUT2D eigenvalue weighted by Gasteiger charge is -2.08. The van der Waals surface area contributed by atoms with Crippen LogP contribution in [-0.2, 0) is 0 Å². The molecule has 0 spiro atoms. The minimum absolute atomic E-state index is 0.252. The van der Waals surface area contributed by atoms with Crippen LogP contribution in [0.15, 0.2) is 12.3 Å². The third kappa shape index (κ3) is 1.99. The number of nitrogens with zero attached hydrogens (tertiary/aromatic N) is 3. The zero-order chi connectivity index (χ0) is 8.97. The number of nitrogens with two attached hydrogens (primary N) is 1. The molecule has 0 bridgehead atoms. The van der Waals surface area contributed by atoms with E-state index in [0.717, 1.165) is 6.42 Å². The summed E-state index contributed by atoms with van der Waals surface area (Å²) in [5.41, 5.74) is 5.45. The molecule has 12 heavy (non-hydrogen) atoms. The van der Waals surface area contributed by atoms with E-state index in [1.165, 1.54) is 0 Å². The largest absolute Gasteiger partial charge is 0.382 e. The summed E-state index contributed by atoms with van der Waals surface area (Å²) < 4.78 is 1.78. The van der Waals surface area contributed by atoms with Crippen molar-refractivity contribution in [3.8, 4) is 6.07 Å². The Morgan fingerprint density at radius 2 is 2.58 bits per heavy atom. The van der Waals surface area contributed by atoms with Gasteiger partial charge in [0, 0.05) is 12.6 Å². The minimum atomic E-state index is 0.252. The van der Waals surface area contributed by atoms with Gasteiger partial charge in [-0.15, -0.1) is 0 Å². The van der Waals surface area contributed by atoms with Crippen LogP contribution in [0, 0.1) is 11.3 Å². The second-order valence-electron chi connectivity index (χ2n) is 2.77. The smallest absolute Gasteiger partial charge is 0.145 e. The van der Waals surface area contributed by atoms with Crippen molar-refractivity contribution in [1.29, 1.82) is 5.26 Å². The first kappa shape index (κ1) is 8.60. The highest BCUT2D eigenvalue weighted by Crippen LogP contribution is 2.12. The molecule has 0 aliphatic carbocycles. The van der Waals surface area contributed by atoms with E-state index >= 15 is 0 Å². The molecule has 0 saturated heterocycles. The number of hydrogen-bond donors (Lipinski definition) is 1. The first-order valence-electron chi connectivity index (χ1n) is 3.91. The van der Waals surface area contributed by atoms with Gasteiger partial charge in [-0.2, -0.15) is 10.4 Å². The zero-order valence-electron chi connectivity index (χ0n) is 7.07. The average Bonchev–Trinajstić information content (AvgIpc) is 2.47. The summed E-state index contributed by atoms with van der Waals surface area (Å²) in [6.07, 6.45) is 3.20. The Hall–Kier alpha value is -1.50. The molecule has 4 heteroatoms. The summed E-state index contributed by atoms with van der Waals surface area (Å²) >= 11 is 0. The maximum atomic E-state index is 8.36. The number of rotatable bonds is 3. The molecule has 1 rings (SSSR count). The highest BCUT2D eigenvalue weighted by Gasteiger charge is 2.04. The van der Waals surface area contributed by atoms with E-state index in [2.05, 4.69) is 11.2 Å². The van der Waals surface area contributed by atoms with E-state index in [4.69, 9.17) is 11.0 Å². The molecule has 0 amide bonds. The Kier molecular flexibility index (Phi) is 2.70. The minimum Gasteiger partial charge on any atom is -0.382 e. The maximum Gasteiger partial charge on any atom is 0.145 e. The van der Waals surface area contributed by atoms with E-state index in [1.807, 2.05) is 13.1 Å². The number of nitriles is 1. The Bertz CT molecular complexity index is 283. The van der Waals surface area contributed by atoms with Crippen LogP contribution in [0.5, 0.6) is 0 Å². The molecular weight excluding hydrogens is 152 g/mol. The van der Waals surface area contributed by atoms with Gasteiger partial charge in [-0.25, -0.2) is 0 Å². The molecule has 0 radical (unpaired) electrons. The van der Waals surface area contributed by atoms with Crippen LogP contribution in [-0.4, -0.2) is 9.78 Å². The van der Waals surface area contributed by atoms with Crippen LogP contribution >= 0.6 is 0 Å². The van der Waals surface area contributed by atoms with E-state index in [1.54, 1.807) is 10.7 Å². The van der Waals surface area contributed by atoms with Gasteiger partial charge < -0.3 is 5.73 Å². The lowest BCUT2D eigenvalue weighted by Crippen LogP contribution is -2.05. The van der Waals surface area contributed by atoms with Gasteiger partial charge in [-0.05, 0) is 19.4 Å². The fraction of sp³-hybridized carbons (Fsp3) is 0.500. The second kappa shape index (κ2) is 3.77. The molecule has 0 aliphatic rings. The molecule has 2 N–H and O–H groups in total. The lowest BCUT2D eigenvalue weighted by molar-refractivity contribution is 0.466. The van der Waals surface area contributed by atoms with Crippen molar-refractivity contribution in [1.82, 2.24) is 9.78 Å². The van der Waals surface area contributed by atoms with Gasteiger partial charge in [0.1, 0.15) is 5.82 Å². The molecule has 1 aromatic rings. The number of aromatic nitrogens is 2. The average molecular weight is 164 g/mol.